The Morgan fingerprint density at radius 2 is 1.89 bits per heavy atom. The third kappa shape index (κ3) is 3.88. The molecule has 0 spiro atoms. The number of halogens is 5. The molecule has 1 amide bonds. The van der Waals surface area contributed by atoms with Gasteiger partial charge in [-0.05, 0) is 32.0 Å². The number of anilines is 1. The summed E-state index contributed by atoms with van der Waals surface area (Å²) in [6, 6.07) is 3.22. The minimum Gasteiger partial charge on any atom is -0.325 e. The minimum atomic E-state index is -4.55. The lowest BCUT2D eigenvalue weighted by atomic mass is 10.1. The normalized spacial score (nSPS) is 12.4. The van der Waals surface area contributed by atoms with Crippen LogP contribution in [0.3, 0.4) is 0 Å². The van der Waals surface area contributed by atoms with E-state index in [-0.39, 0.29) is 5.69 Å². The van der Waals surface area contributed by atoms with Crippen molar-refractivity contribution >= 4 is 39.1 Å². The second kappa shape index (κ2) is 5.09. The van der Waals surface area contributed by atoms with Crippen molar-refractivity contribution in [1.82, 2.24) is 0 Å². The Labute approximate surface area is 116 Å². The van der Waals surface area contributed by atoms with Gasteiger partial charge >= 0.3 is 6.18 Å². The van der Waals surface area contributed by atoms with Crippen molar-refractivity contribution in [2.24, 2.45) is 0 Å². The molecule has 1 aromatic rings. The zero-order valence-corrected chi connectivity index (χ0v) is 11.9. The highest BCUT2D eigenvalue weighted by Crippen LogP contribution is 2.36. The van der Waals surface area contributed by atoms with Crippen molar-refractivity contribution in [3.63, 3.8) is 0 Å². The highest BCUT2D eigenvalue weighted by atomic mass is 79.9. The number of carbonyl (C=O) groups is 1. The van der Waals surface area contributed by atoms with Gasteiger partial charge in [0.2, 0.25) is 5.91 Å². The molecule has 100 valence electrons. The fourth-order valence-corrected chi connectivity index (χ4v) is 1.42. The monoisotopic (exact) mass is 343 g/mol. The van der Waals surface area contributed by atoms with Crippen LogP contribution in [-0.4, -0.2) is 10.2 Å². The van der Waals surface area contributed by atoms with Crippen LogP contribution in [0.5, 0.6) is 0 Å². The number of benzene rings is 1. The molecule has 1 N–H and O–H groups in total. The van der Waals surface area contributed by atoms with Crippen LogP contribution in [-0.2, 0) is 11.0 Å². The first-order chi connectivity index (χ1) is 8.01. The van der Waals surface area contributed by atoms with Crippen LogP contribution in [0.4, 0.5) is 18.9 Å². The van der Waals surface area contributed by atoms with Gasteiger partial charge in [-0.3, -0.25) is 4.79 Å². The first kappa shape index (κ1) is 15.3. The summed E-state index contributed by atoms with van der Waals surface area (Å²) >= 11 is 8.58. The van der Waals surface area contributed by atoms with Gasteiger partial charge in [0, 0.05) is 5.69 Å². The largest absolute Gasteiger partial charge is 0.417 e. The van der Waals surface area contributed by atoms with E-state index in [0.29, 0.717) is 0 Å². The van der Waals surface area contributed by atoms with E-state index in [9.17, 15) is 18.0 Å². The SMILES string of the molecule is CC(C)(Br)C(=O)Nc1ccc(Cl)c(C(F)(F)F)c1. The zero-order valence-electron chi connectivity index (χ0n) is 9.53. The second-order valence-corrected chi connectivity index (χ2v) is 6.51. The number of hydrogen-bond acceptors (Lipinski definition) is 1. The molecule has 0 aliphatic heterocycles. The molecule has 0 unspecified atom stereocenters. The Bertz CT molecular complexity index is 468. The number of rotatable bonds is 2. The van der Waals surface area contributed by atoms with Gasteiger partial charge in [-0.25, -0.2) is 0 Å². The van der Waals surface area contributed by atoms with E-state index >= 15 is 0 Å². The average molecular weight is 345 g/mol. The lowest BCUT2D eigenvalue weighted by Crippen LogP contribution is -2.31. The van der Waals surface area contributed by atoms with Gasteiger partial charge in [0.05, 0.1) is 14.9 Å². The number of amides is 1. The fraction of sp³-hybridized carbons (Fsp3) is 0.364. The maximum Gasteiger partial charge on any atom is 0.417 e. The van der Waals surface area contributed by atoms with Crippen molar-refractivity contribution in [3.05, 3.63) is 28.8 Å². The van der Waals surface area contributed by atoms with Crippen molar-refractivity contribution in [3.8, 4) is 0 Å². The van der Waals surface area contributed by atoms with Gasteiger partial charge in [-0.1, -0.05) is 27.5 Å². The first-order valence-electron chi connectivity index (χ1n) is 4.89. The van der Waals surface area contributed by atoms with Crippen LogP contribution >= 0.6 is 27.5 Å². The number of nitrogens with one attached hydrogen (secondary N) is 1. The molecule has 0 radical (unpaired) electrons. The second-order valence-electron chi connectivity index (χ2n) is 4.12. The molecule has 0 aliphatic rings. The smallest absolute Gasteiger partial charge is 0.325 e. The van der Waals surface area contributed by atoms with Crippen molar-refractivity contribution < 1.29 is 18.0 Å². The minimum absolute atomic E-state index is 0.0456. The van der Waals surface area contributed by atoms with Crippen LogP contribution in [0.25, 0.3) is 0 Å². The van der Waals surface area contributed by atoms with Gasteiger partial charge in [-0.2, -0.15) is 13.2 Å². The van der Waals surface area contributed by atoms with E-state index in [1.165, 1.54) is 6.07 Å². The van der Waals surface area contributed by atoms with Crippen LogP contribution in [0, 0.1) is 0 Å². The third-order valence-electron chi connectivity index (χ3n) is 2.07. The Kier molecular flexibility index (Phi) is 4.33. The van der Waals surface area contributed by atoms with Crippen LogP contribution in [0.1, 0.15) is 19.4 Å². The van der Waals surface area contributed by atoms with Crippen molar-refractivity contribution in [2.75, 3.05) is 5.32 Å². The Balaban J connectivity index is 3.04. The lowest BCUT2D eigenvalue weighted by Gasteiger charge is -2.17. The Morgan fingerprint density at radius 3 is 2.33 bits per heavy atom. The molecule has 0 atom stereocenters. The third-order valence-corrected chi connectivity index (χ3v) is 2.76. The summed E-state index contributed by atoms with van der Waals surface area (Å²) in [7, 11) is 0. The van der Waals surface area contributed by atoms with Crippen molar-refractivity contribution in [2.45, 2.75) is 24.3 Å². The van der Waals surface area contributed by atoms with E-state index in [1.807, 2.05) is 0 Å². The van der Waals surface area contributed by atoms with E-state index in [2.05, 4.69) is 21.2 Å². The molecule has 0 bridgehead atoms. The molecule has 0 fully saturated rings. The lowest BCUT2D eigenvalue weighted by molar-refractivity contribution is -0.137. The quantitative estimate of drug-likeness (QED) is 0.788. The van der Waals surface area contributed by atoms with E-state index in [4.69, 9.17) is 11.6 Å². The average Bonchev–Trinajstić information content (AvgIpc) is 2.17. The topological polar surface area (TPSA) is 29.1 Å². The first-order valence-corrected chi connectivity index (χ1v) is 6.06. The van der Waals surface area contributed by atoms with Gasteiger partial charge < -0.3 is 5.32 Å². The zero-order chi connectivity index (χ0) is 14.1. The molecule has 0 saturated heterocycles. The van der Waals surface area contributed by atoms with Gasteiger partial charge in [0.15, 0.2) is 0 Å². The molecule has 18 heavy (non-hydrogen) atoms. The summed E-state index contributed by atoms with van der Waals surface area (Å²) in [5.41, 5.74) is -0.932. The Morgan fingerprint density at radius 1 is 1.33 bits per heavy atom. The van der Waals surface area contributed by atoms with Crippen LogP contribution in [0.15, 0.2) is 18.2 Å². The number of carbonyl (C=O) groups excluding carboxylic acids is 1. The van der Waals surface area contributed by atoms with Crippen molar-refractivity contribution in [1.29, 1.82) is 0 Å². The Hall–Kier alpha value is -0.750. The van der Waals surface area contributed by atoms with E-state index in [0.717, 1.165) is 12.1 Å². The highest BCUT2D eigenvalue weighted by molar-refractivity contribution is 9.10. The summed E-state index contributed by atoms with van der Waals surface area (Å²) in [4.78, 5) is 11.6. The maximum atomic E-state index is 12.6. The summed E-state index contributed by atoms with van der Waals surface area (Å²) in [6.45, 7) is 3.17. The van der Waals surface area contributed by atoms with Gasteiger partial charge in [0.25, 0.3) is 0 Å². The predicted octanol–water partition coefficient (Wildman–Crippen LogP) is 4.47. The molecular formula is C11H10BrClF3NO. The molecule has 0 saturated carbocycles. The molecule has 0 aromatic heterocycles. The van der Waals surface area contributed by atoms with Gasteiger partial charge in [-0.15, -0.1) is 0 Å². The number of alkyl halides is 4. The molecule has 1 rings (SSSR count). The maximum absolute atomic E-state index is 12.6. The number of hydrogen-bond donors (Lipinski definition) is 1. The fourth-order valence-electron chi connectivity index (χ4n) is 1.10. The van der Waals surface area contributed by atoms with Gasteiger partial charge in [0.1, 0.15) is 0 Å². The highest BCUT2D eigenvalue weighted by Gasteiger charge is 2.33. The summed E-state index contributed by atoms with van der Waals surface area (Å²) in [5.74, 6) is -0.446. The predicted molar refractivity (Wildman–Crippen MR) is 68.1 cm³/mol. The summed E-state index contributed by atoms with van der Waals surface area (Å²) in [6.07, 6.45) is -4.55. The van der Waals surface area contributed by atoms with Crippen LogP contribution < -0.4 is 5.32 Å². The summed E-state index contributed by atoms with van der Waals surface area (Å²) in [5, 5.41) is 1.97. The van der Waals surface area contributed by atoms with Crippen LogP contribution in [0.2, 0.25) is 5.02 Å². The molecule has 2 nitrogen and oxygen atoms in total. The van der Waals surface area contributed by atoms with E-state index < -0.39 is 27.0 Å². The summed E-state index contributed by atoms with van der Waals surface area (Å²) < 4.78 is 36.9. The molecule has 0 heterocycles. The molecule has 7 heteroatoms. The standard InChI is InChI=1S/C11H10BrClF3NO/c1-10(2,12)9(18)17-6-3-4-8(13)7(5-6)11(14,15)16/h3-5H,1-2H3,(H,17,18). The molecular weight excluding hydrogens is 334 g/mol. The molecule has 1 aromatic carbocycles. The van der Waals surface area contributed by atoms with E-state index in [1.54, 1.807) is 13.8 Å². The molecule has 0 aliphatic carbocycles.